The number of benzene rings is 1. The molecular weight excluding hydrogens is 669 g/mol. The molecule has 0 bridgehead atoms. The molecule has 5 heterocycles. The first-order valence-corrected chi connectivity index (χ1v) is 17.7. The highest BCUT2D eigenvalue weighted by atomic mass is 19.1. The Labute approximate surface area is 299 Å². The van der Waals surface area contributed by atoms with Crippen molar-refractivity contribution in [3.8, 4) is 0 Å². The summed E-state index contributed by atoms with van der Waals surface area (Å²) in [7, 11) is 1.55. The van der Waals surface area contributed by atoms with Crippen LogP contribution in [-0.2, 0) is 19.1 Å². The van der Waals surface area contributed by atoms with Gasteiger partial charge < -0.3 is 30.7 Å². The van der Waals surface area contributed by atoms with Crippen LogP contribution in [0.4, 0.5) is 10.1 Å². The maximum absolute atomic E-state index is 15.3. The van der Waals surface area contributed by atoms with Crippen LogP contribution in [0.25, 0.3) is 11.2 Å². The lowest BCUT2D eigenvalue weighted by Gasteiger charge is -2.69. The summed E-state index contributed by atoms with van der Waals surface area (Å²) in [6.07, 6.45) is 11.7. The van der Waals surface area contributed by atoms with Gasteiger partial charge in [0.1, 0.15) is 22.7 Å². The number of amides is 3. The Morgan fingerprint density at radius 1 is 1.19 bits per heavy atom. The molecule has 0 radical (unpaired) electrons. The second-order valence-electron chi connectivity index (χ2n) is 15.1. The molecule has 3 amide bonds. The number of nitrogens with zero attached hydrogens (tertiary/aromatic N) is 6. The molecule has 2 aliphatic carbocycles. The molecule has 1 aromatic carbocycles. The number of nitrogens with two attached hydrogens (primary N) is 1. The fraction of sp³-hybridized carbons (Fsp3) is 0.486. The van der Waals surface area contributed by atoms with Crippen molar-refractivity contribution in [3.63, 3.8) is 0 Å². The maximum atomic E-state index is 15.3. The third-order valence-corrected chi connectivity index (χ3v) is 11.6. The number of aliphatic hydroxyl groups excluding tert-OH is 1. The van der Waals surface area contributed by atoms with Crippen LogP contribution >= 0.6 is 0 Å². The summed E-state index contributed by atoms with van der Waals surface area (Å²) in [5.74, 6) is -0.781. The first kappa shape index (κ1) is 34.2. The SMILES string of the molecule is COC1=CC=CC(N)(C(=O)NC2(CCO)CC3(CN(CC4CN(c5ccc(C6CCC(=O)NC6=O)cc5F)C4)C3)C2c2ncc3nccnc3n2)C1. The highest BCUT2D eigenvalue weighted by molar-refractivity contribution is 6.01. The molecule has 15 heteroatoms. The van der Waals surface area contributed by atoms with Crippen molar-refractivity contribution in [1.82, 2.24) is 35.5 Å². The molecule has 4 unspecified atom stereocenters. The molecule has 4 fully saturated rings. The average Bonchev–Trinajstić information content (AvgIpc) is 3.08. The highest BCUT2D eigenvalue weighted by Gasteiger charge is 2.69. The quantitative estimate of drug-likeness (QED) is 0.222. The second kappa shape index (κ2) is 13.0. The molecule has 14 nitrogen and oxygen atoms in total. The number of imide groups is 1. The average molecular weight is 712 g/mol. The maximum Gasteiger partial charge on any atom is 0.245 e. The molecule has 5 N–H and O–H groups in total. The van der Waals surface area contributed by atoms with Gasteiger partial charge in [0.05, 0.1) is 42.1 Å². The Kier molecular flexibility index (Phi) is 8.54. The van der Waals surface area contributed by atoms with Crippen molar-refractivity contribution >= 4 is 34.6 Å². The highest BCUT2D eigenvalue weighted by Crippen LogP contribution is 2.64. The van der Waals surface area contributed by atoms with Crippen LogP contribution in [0.5, 0.6) is 0 Å². The van der Waals surface area contributed by atoms with Gasteiger partial charge in [-0.05, 0) is 43.0 Å². The number of fused-ring (bicyclic) bond motifs is 1. The van der Waals surface area contributed by atoms with Crippen LogP contribution in [0, 0.1) is 17.2 Å². The number of anilines is 1. The van der Waals surface area contributed by atoms with Crippen LogP contribution in [0.15, 0.2) is 60.8 Å². The summed E-state index contributed by atoms with van der Waals surface area (Å²) in [6.45, 7) is 3.57. The van der Waals surface area contributed by atoms with E-state index in [-0.39, 0.29) is 54.3 Å². The lowest BCUT2D eigenvalue weighted by atomic mass is 9.44. The van der Waals surface area contributed by atoms with Crippen molar-refractivity contribution in [2.75, 3.05) is 51.3 Å². The van der Waals surface area contributed by atoms with Gasteiger partial charge in [0.2, 0.25) is 17.7 Å². The fourth-order valence-corrected chi connectivity index (χ4v) is 9.24. The van der Waals surface area contributed by atoms with Crippen molar-refractivity contribution < 1.29 is 28.6 Å². The van der Waals surface area contributed by atoms with Crippen molar-refractivity contribution in [2.45, 2.75) is 55.0 Å². The number of hydrogen-bond donors (Lipinski definition) is 4. The minimum atomic E-state index is -1.32. The van der Waals surface area contributed by atoms with Crippen molar-refractivity contribution in [3.05, 3.63) is 78.0 Å². The molecule has 1 saturated carbocycles. The molecule has 8 rings (SSSR count). The molecule has 272 valence electrons. The minimum Gasteiger partial charge on any atom is -0.501 e. The van der Waals surface area contributed by atoms with E-state index >= 15 is 4.39 Å². The summed E-state index contributed by atoms with van der Waals surface area (Å²) >= 11 is 0. The summed E-state index contributed by atoms with van der Waals surface area (Å²) in [4.78, 5) is 60.5. The largest absolute Gasteiger partial charge is 0.501 e. The summed E-state index contributed by atoms with van der Waals surface area (Å²) in [5, 5.41) is 15.9. The summed E-state index contributed by atoms with van der Waals surface area (Å²) in [5.41, 5.74) is 6.34. The number of allylic oxidation sites excluding steroid dienone is 2. The lowest BCUT2D eigenvalue weighted by Crippen LogP contribution is -2.79. The van der Waals surface area contributed by atoms with Gasteiger partial charge in [-0.1, -0.05) is 18.2 Å². The van der Waals surface area contributed by atoms with Crippen LogP contribution in [0.3, 0.4) is 0 Å². The van der Waals surface area contributed by atoms with E-state index in [2.05, 4.69) is 25.5 Å². The van der Waals surface area contributed by atoms with E-state index in [1.165, 1.54) is 6.07 Å². The second-order valence-corrected chi connectivity index (χ2v) is 15.1. The smallest absolute Gasteiger partial charge is 0.245 e. The standard InChI is InChI=1S/C37H42FN9O5/c1-52-24-3-2-8-36(39,14-24)34(51)45-37(9-12-48)19-35(30(37)32-42-15-27-31(44-32)41-11-10-40-27)20-46(21-35)16-22-17-47(18-22)28-6-4-23(13-26(28)38)25-5-7-29(49)43-33(25)50/h2-4,6,8,10-11,13,15,22,25,30,48H,5,7,9,12,14,16-21,39H2,1H3,(H,45,51)(H,43,49,50). The van der Waals surface area contributed by atoms with Gasteiger partial charge in [-0.15, -0.1) is 0 Å². The molecule has 2 aromatic heterocycles. The van der Waals surface area contributed by atoms with Gasteiger partial charge in [-0.2, -0.15) is 0 Å². The van der Waals surface area contributed by atoms with Gasteiger partial charge >= 0.3 is 0 Å². The number of hydrogen-bond acceptors (Lipinski definition) is 12. The van der Waals surface area contributed by atoms with Crippen LogP contribution < -0.4 is 21.3 Å². The normalized spacial score (nSPS) is 28.5. The lowest BCUT2D eigenvalue weighted by molar-refractivity contribution is -0.162. The number of halogens is 1. The number of carbonyl (C=O) groups excluding carboxylic acids is 3. The van der Waals surface area contributed by atoms with E-state index in [0.717, 1.165) is 19.6 Å². The number of rotatable bonds is 10. The first-order chi connectivity index (χ1) is 25.0. The van der Waals surface area contributed by atoms with E-state index in [1.54, 1.807) is 56.1 Å². The topological polar surface area (TPSA) is 189 Å². The van der Waals surface area contributed by atoms with Crippen molar-refractivity contribution in [1.29, 1.82) is 0 Å². The molecule has 3 saturated heterocycles. The van der Waals surface area contributed by atoms with Crippen molar-refractivity contribution in [2.24, 2.45) is 17.1 Å². The van der Waals surface area contributed by atoms with Gasteiger partial charge in [-0.25, -0.2) is 24.3 Å². The van der Waals surface area contributed by atoms with Crippen LogP contribution in [0.1, 0.15) is 55.3 Å². The third kappa shape index (κ3) is 5.90. The summed E-state index contributed by atoms with van der Waals surface area (Å²) < 4.78 is 20.7. The molecule has 3 aromatic rings. The zero-order valence-electron chi connectivity index (χ0n) is 28.9. The Balaban J connectivity index is 0.958. The van der Waals surface area contributed by atoms with Gasteiger partial charge in [0.15, 0.2) is 5.65 Å². The zero-order valence-corrected chi connectivity index (χ0v) is 28.9. The van der Waals surface area contributed by atoms with Crippen LogP contribution in [0.2, 0.25) is 0 Å². The van der Waals surface area contributed by atoms with E-state index < -0.39 is 17.0 Å². The Morgan fingerprint density at radius 2 is 2.00 bits per heavy atom. The predicted molar refractivity (Wildman–Crippen MR) is 187 cm³/mol. The predicted octanol–water partition coefficient (Wildman–Crippen LogP) is 1.43. The Bertz CT molecular complexity index is 2000. The van der Waals surface area contributed by atoms with Gasteiger partial charge in [0, 0.05) is 75.9 Å². The van der Waals surface area contributed by atoms with E-state index in [1.807, 2.05) is 4.90 Å². The Morgan fingerprint density at radius 3 is 2.75 bits per heavy atom. The molecule has 52 heavy (non-hydrogen) atoms. The van der Waals surface area contributed by atoms with E-state index in [9.17, 15) is 19.5 Å². The third-order valence-electron chi connectivity index (χ3n) is 11.6. The minimum absolute atomic E-state index is 0.149. The number of piperidine rings is 1. The number of nitrogens with one attached hydrogen (secondary N) is 2. The van der Waals surface area contributed by atoms with Crippen LogP contribution in [-0.4, -0.2) is 105 Å². The van der Waals surface area contributed by atoms with E-state index in [4.69, 9.17) is 20.4 Å². The van der Waals surface area contributed by atoms with Gasteiger partial charge in [-0.3, -0.25) is 19.7 Å². The molecule has 5 aliphatic rings. The number of carbonyl (C=O) groups is 3. The Hall–Kier alpha value is -4.86. The van der Waals surface area contributed by atoms with E-state index in [0.29, 0.717) is 72.3 Å². The number of methoxy groups -OCH3 is 1. The monoisotopic (exact) mass is 711 g/mol. The number of aliphatic hydroxyl groups is 1. The zero-order chi connectivity index (χ0) is 36.3. The summed E-state index contributed by atoms with van der Waals surface area (Å²) in [6, 6.07) is 4.93. The number of aromatic nitrogens is 4. The van der Waals surface area contributed by atoms with Gasteiger partial charge in [0.25, 0.3) is 0 Å². The molecule has 4 atom stereocenters. The fourth-order valence-electron chi connectivity index (χ4n) is 9.24. The number of ether oxygens (including phenoxy) is 1. The first-order valence-electron chi connectivity index (χ1n) is 17.7. The molecule has 1 spiro atoms. The molecular formula is C37H42FN9O5. The number of likely N-dealkylation sites (tertiary alicyclic amines) is 1. The molecule has 3 aliphatic heterocycles.